The summed E-state index contributed by atoms with van der Waals surface area (Å²) in [6.07, 6.45) is 7.14. The van der Waals surface area contributed by atoms with Crippen LogP contribution in [-0.2, 0) is 6.54 Å². The number of pyridine rings is 1. The van der Waals surface area contributed by atoms with E-state index in [0.717, 1.165) is 59.5 Å². The second-order valence-electron chi connectivity index (χ2n) is 9.13. The predicted octanol–water partition coefficient (Wildman–Crippen LogP) is 2.69. The van der Waals surface area contributed by atoms with Crippen LogP contribution in [0.2, 0.25) is 0 Å². The molecule has 1 fully saturated rings. The molecule has 1 aliphatic carbocycles. The minimum Gasteiger partial charge on any atom is -0.362 e. The normalized spacial score (nSPS) is 15.0. The van der Waals surface area contributed by atoms with Crippen molar-refractivity contribution in [2.24, 2.45) is 0 Å². The molecule has 164 valence electrons. The van der Waals surface area contributed by atoms with E-state index < -0.39 is 0 Å². The second kappa shape index (κ2) is 10.4. The Hall–Kier alpha value is -1.92. The van der Waals surface area contributed by atoms with Crippen molar-refractivity contribution in [2.45, 2.75) is 65.0 Å². The van der Waals surface area contributed by atoms with Crippen LogP contribution in [-0.4, -0.2) is 48.2 Å². The van der Waals surface area contributed by atoms with Crippen LogP contribution in [0.1, 0.15) is 55.2 Å². The summed E-state index contributed by atoms with van der Waals surface area (Å²) >= 11 is 5.81. The number of fused-ring (bicyclic) bond motifs is 1. The molecule has 0 spiro atoms. The first-order valence-electron chi connectivity index (χ1n) is 11.3. The molecule has 1 heterocycles. The van der Waals surface area contributed by atoms with Gasteiger partial charge < -0.3 is 20.1 Å². The van der Waals surface area contributed by atoms with Gasteiger partial charge in [0.2, 0.25) is 0 Å². The van der Waals surface area contributed by atoms with Crippen molar-refractivity contribution in [2.75, 3.05) is 27.2 Å². The van der Waals surface area contributed by atoms with Crippen LogP contribution >= 0.6 is 12.2 Å². The van der Waals surface area contributed by atoms with E-state index in [1.54, 1.807) is 0 Å². The number of rotatable bonds is 7. The summed E-state index contributed by atoms with van der Waals surface area (Å²) in [7, 11) is 4.34. The topological polar surface area (TPSA) is 52.6 Å². The maximum atomic E-state index is 12.9. The Kier molecular flexibility index (Phi) is 7.89. The highest BCUT2D eigenvalue weighted by Gasteiger charge is 2.24. The quantitative estimate of drug-likeness (QED) is 0.468. The SMILES string of the molecule is Cc1cc(C)c2[nH]c(=O)c(CN(C(=S)NCCC[NH+](C)C)C3CCCCC3)cc2c1. The van der Waals surface area contributed by atoms with Crippen molar-refractivity contribution < 1.29 is 4.90 Å². The molecular weight excluding hydrogens is 392 g/mol. The summed E-state index contributed by atoms with van der Waals surface area (Å²) in [4.78, 5) is 19.7. The summed E-state index contributed by atoms with van der Waals surface area (Å²) in [5, 5.41) is 5.35. The molecule has 1 saturated carbocycles. The lowest BCUT2D eigenvalue weighted by Crippen LogP contribution is -3.05. The molecule has 0 unspecified atom stereocenters. The first-order chi connectivity index (χ1) is 14.3. The van der Waals surface area contributed by atoms with Gasteiger partial charge in [0, 0.05) is 24.6 Å². The first-order valence-corrected chi connectivity index (χ1v) is 11.7. The Bertz CT molecular complexity index is 931. The maximum absolute atomic E-state index is 12.9. The Balaban J connectivity index is 1.82. The molecule has 0 atom stereocenters. The number of H-pyrrole nitrogens is 1. The van der Waals surface area contributed by atoms with E-state index in [0.29, 0.717) is 12.6 Å². The molecule has 30 heavy (non-hydrogen) atoms. The third kappa shape index (κ3) is 5.82. The lowest BCUT2D eigenvalue weighted by molar-refractivity contribution is -0.858. The standard InChI is InChI=1S/C24H36N4OS/c1-17-13-18(2)22-19(14-17)15-20(23(29)26-22)16-28(21-9-6-5-7-10-21)24(30)25-11-8-12-27(3)4/h13-15,21H,5-12,16H2,1-4H3,(H,25,30)(H,26,29)/p+1. The largest absolute Gasteiger partial charge is 0.362 e. The monoisotopic (exact) mass is 429 g/mol. The number of benzene rings is 1. The molecule has 1 aliphatic rings. The molecule has 0 aliphatic heterocycles. The number of quaternary nitrogens is 1. The molecule has 1 aromatic carbocycles. The molecule has 0 radical (unpaired) electrons. The minimum absolute atomic E-state index is 0.00531. The van der Waals surface area contributed by atoms with E-state index in [1.165, 1.54) is 29.7 Å². The highest BCUT2D eigenvalue weighted by molar-refractivity contribution is 7.80. The zero-order valence-corrected chi connectivity index (χ0v) is 19.8. The smallest absolute Gasteiger partial charge is 0.253 e. The van der Waals surface area contributed by atoms with E-state index in [4.69, 9.17) is 12.2 Å². The summed E-state index contributed by atoms with van der Waals surface area (Å²) in [6.45, 7) is 6.70. The zero-order valence-electron chi connectivity index (χ0n) is 18.9. The van der Waals surface area contributed by atoms with Gasteiger partial charge in [0.15, 0.2) is 5.11 Å². The molecular formula is C24H37N4OS+. The van der Waals surface area contributed by atoms with Crippen LogP contribution in [0.25, 0.3) is 10.9 Å². The number of nitrogens with zero attached hydrogens (tertiary/aromatic N) is 1. The van der Waals surface area contributed by atoms with Gasteiger partial charge in [-0.3, -0.25) is 4.79 Å². The zero-order chi connectivity index (χ0) is 21.7. The van der Waals surface area contributed by atoms with Crippen LogP contribution in [0.5, 0.6) is 0 Å². The van der Waals surface area contributed by atoms with Gasteiger partial charge in [-0.2, -0.15) is 0 Å². The fourth-order valence-electron chi connectivity index (χ4n) is 4.53. The van der Waals surface area contributed by atoms with Gasteiger partial charge in [-0.1, -0.05) is 30.9 Å². The Morgan fingerprint density at radius 1 is 1.20 bits per heavy atom. The fraction of sp³-hybridized carbons (Fsp3) is 0.583. The Morgan fingerprint density at radius 2 is 1.93 bits per heavy atom. The minimum atomic E-state index is -0.00531. The van der Waals surface area contributed by atoms with Crippen molar-refractivity contribution in [3.05, 3.63) is 45.2 Å². The van der Waals surface area contributed by atoms with Crippen LogP contribution in [0.3, 0.4) is 0 Å². The predicted molar refractivity (Wildman–Crippen MR) is 129 cm³/mol. The van der Waals surface area contributed by atoms with E-state index in [9.17, 15) is 4.79 Å². The Morgan fingerprint density at radius 3 is 2.63 bits per heavy atom. The fourth-order valence-corrected chi connectivity index (χ4v) is 4.85. The van der Waals surface area contributed by atoms with Crippen LogP contribution in [0.4, 0.5) is 0 Å². The van der Waals surface area contributed by atoms with Crippen molar-refractivity contribution in [1.82, 2.24) is 15.2 Å². The second-order valence-corrected chi connectivity index (χ2v) is 9.52. The van der Waals surface area contributed by atoms with E-state index in [1.807, 2.05) is 6.92 Å². The van der Waals surface area contributed by atoms with Gasteiger partial charge in [-0.25, -0.2) is 0 Å². The third-order valence-corrected chi connectivity index (χ3v) is 6.50. The van der Waals surface area contributed by atoms with E-state index >= 15 is 0 Å². The molecule has 0 bridgehead atoms. The van der Waals surface area contributed by atoms with Crippen LogP contribution in [0, 0.1) is 13.8 Å². The average Bonchev–Trinajstić information content (AvgIpc) is 2.70. The molecule has 0 saturated heterocycles. The van der Waals surface area contributed by atoms with Crippen molar-refractivity contribution in [3.63, 3.8) is 0 Å². The molecule has 5 nitrogen and oxygen atoms in total. The number of aromatic nitrogens is 1. The molecule has 0 amide bonds. The molecule has 3 N–H and O–H groups in total. The average molecular weight is 430 g/mol. The van der Waals surface area contributed by atoms with Gasteiger partial charge in [-0.05, 0) is 62.0 Å². The number of hydrogen-bond acceptors (Lipinski definition) is 2. The number of thiocarbonyl (C=S) groups is 1. The third-order valence-electron chi connectivity index (χ3n) is 6.12. The number of aromatic amines is 1. The van der Waals surface area contributed by atoms with E-state index in [-0.39, 0.29) is 5.56 Å². The first kappa shape index (κ1) is 22.8. The summed E-state index contributed by atoms with van der Waals surface area (Å²) in [5.74, 6) is 0. The highest BCUT2D eigenvalue weighted by Crippen LogP contribution is 2.25. The van der Waals surface area contributed by atoms with Gasteiger partial charge >= 0.3 is 0 Å². The lowest BCUT2D eigenvalue weighted by Gasteiger charge is -2.36. The van der Waals surface area contributed by atoms with Crippen LogP contribution in [0.15, 0.2) is 23.0 Å². The van der Waals surface area contributed by atoms with Crippen molar-refractivity contribution in [1.29, 1.82) is 0 Å². The van der Waals surface area contributed by atoms with Gasteiger partial charge in [0.05, 0.1) is 32.7 Å². The summed E-state index contributed by atoms with van der Waals surface area (Å²) in [5.41, 5.74) is 4.04. The van der Waals surface area contributed by atoms with E-state index in [2.05, 4.69) is 54.4 Å². The number of nitrogens with one attached hydrogen (secondary N) is 3. The van der Waals surface area contributed by atoms with Crippen molar-refractivity contribution in [3.8, 4) is 0 Å². The Labute approximate surface area is 185 Å². The summed E-state index contributed by atoms with van der Waals surface area (Å²) in [6, 6.07) is 6.72. The molecule has 6 heteroatoms. The van der Waals surface area contributed by atoms with Gasteiger partial charge in [0.1, 0.15) is 0 Å². The summed E-state index contributed by atoms with van der Waals surface area (Å²) < 4.78 is 0. The molecule has 3 rings (SSSR count). The number of aryl methyl sites for hydroxylation is 2. The number of hydrogen-bond donors (Lipinski definition) is 3. The lowest BCUT2D eigenvalue weighted by atomic mass is 9.94. The van der Waals surface area contributed by atoms with Gasteiger partial charge in [-0.15, -0.1) is 0 Å². The maximum Gasteiger partial charge on any atom is 0.253 e. The van der Waals surface area contributed by atoms with Crippen LogP contribution < -0.4 is 15.8 Å². The van der Waals surface area contributed by atoms with Crippen molar-refractivity contribution >= 4 is 28.2 Å². The molecule has 1 aromatic heterocycles. The molecule has 2 aromatic rings. The highest BCUT2D eigenvalue weighted by atomic mass is 32.1. The van der Waals surface area contributed by atoms with Gasteiger partial charge in [0.25, 0.3) is 5.56 Å².